The molecule has 0 atom stereocenters. The Kier molecular flexibility index (Phi) is 8.47. The second-order valence-electron chi connectivity index (χ2n) is 7.84. The van der Waals surface area contributed by atoms with Gasteiger partial charge in [-0.1, -0.05) is 22.9 Å². The van der Waals surface area contributed by atoms with E-state index >= 15 is 0 Å². The normalized spacial score (nSPS) is 11.6. The highest BCUT2D eigenvalue weighted by molar-refractivity contribution is 7.22. The predicted molar refractivity (Wildman–Crippen MR) is 123 cm³/mol. The molecule has 1 heterocycles. The lowest BCUT2D eigenvalue weighted by molar-refractivity contribution is -0.868. The Balaban J connectivity index is 0.00000341. The first-order valence-electron chi connectivity index (χ1n) is 9.48. The first-order valence-corrected chi connectivity index (χ1v) is 10.7. The zero-order valence-corrected chi connectivity index (χ0v) is 20.9. The van der Waals surface area contributed by atoms with Crippen molar-refractivity contribution in [2.24, 2.45) is 10.2 Å². The summed E-state index contributed by atoms with van der Waals surface area (Å²) in [5, 5.41) is 20.0. The Labute approximate surface area is 200 Å². The van der Waals surface area contributed by atoms with Gasteiger partial charge in [-0.3, -0.25) is 10.1 Å². The van der Waals surface area contributed by atoms with Gasteiger partial charge in [0.25, 0.3) is 5.69 Å². The molecule has 2 aromatic carbocycles. The lowest BCUT2D eigenvalue weighted by atomic mass is 10.2. The number of aromatic nitrogens is 1. The van der Waals surface area contributed by atoms with Crippen LogP contribution in [0.5, 0.6) is 0 Å². The maximum atomic E-state index is 11.0. The molecule has 0 aliphatic rings. The molecule has 1 aromatic heterocycles. The summed E-state index contributed by atoms with van der Waals surface area (Å²) in [6.07, 6.45) is 0. The van der Waals surface area contributed by atoms with Gasteiger partial charge in [-0.2, -0.15) is 0 Å². The second-order valence-corrected chi connectivity index (χ2v) is 9.25. The highest BCUT2D eigenvalue weighted by Crippen LogP contribution is 2.36. The molecule has 0 fully saturated rings. The third-order valence-electron chi connectivity index (χ3n) is 4.52. The summed E-state index contributed by atoms with van der Waals surface area (Å²) in [5.74, 6) is 0. The van der Waals surface area contributed by atoms with E-state index in [2.05, 4.69) is 48.2 Å². The average Bonchev–Trinajstić information content (AvgIpc) is 3.10. The molecule has 0 amide bonds. The summed E-state index contributed by atoms with van der Waals surface area (Å²) in [4.78, 5) is 17.2. The number of benzene rings is 2. The van der Waals surface area contributed by atoms with Crippen LogP contribution in [0.4, 0.5) is 22.2 Å². The fraction of sp³-hybridized carbons (Fsp3) is 0.350. The topological polar surface area (TPSA) is 84.0 Å². The molecule has 31 heavy (non-hydrogen) atoms. The number of likely N-dealkylation sites (N-methyl/N-ethyl adjacent to an activating group) is 2. The minimum Gasteiger partial charge on any atom is -1.00 e. The van der Waals surface area contributed by atoms with Crippen molar-refractivity contribution < 1.29 is 26.4 Å². The number of halogens is 2. The summed E-state index contributed by atoms with van der Waals surface area (Å²) in [6.45, 7) is 5.10. The number of nitrogens with zero attached hydrogens (tertiary/aromatic N) is 6. The van der Waals surface area contributed by atoms with E-state index in [1.807, 2.05) is 24.3 Å². The zero-order chi connectivity index (χ0) is 21.9. The van der Waals surface area contributed by atoms with Crippen LogP contribution in [0.2, 0.25) is 5.02 Å². The minimum absolute atomic E-state index is 0. The Morgan fingerprint density at radius 1 is 1.19 bits per heavy atom. The standard InChI is InChI=1S/C20H24ClN6O2S.BrH/c1-5-25(10-11-27(2,3)4)15-8-6-14(7-9-15)23-24-20-22-19-17(21)12-16(26(28)29)13-18(19)30-20;/h6-9,12-13H,5,10-11H2,1-4H3;1H/q+1;/p-1. The Morgan fingerprint density at radius 2 is 1.87 bits per heavy atom. The van der Waals surface area contributed by atoms with Crippen LogP contribution in [-0.2, 0) is 0 Å². The molecule has 0 saturated heterocycles. The minimum atomic E-state index is -0.478. The predicted octanol–water partition coefficient (Wildman–Crippen LogP) is 2.81. The van der Waals surface area contributed by atoms with E-state index < -0.39 is 4.92 Å². The lowest BCUT2D eigenvalue weighted by Gasteiger charge is -2.29. The third-order valence-corrected chi connectivity index (χ3v) is 5.70. The molecule has 8 nitrogen and oxygen atoms in total. The Bertz CT molecular complexity index is 1080. The van der Waals surface area contributed by atoms with E-state index in [1.54, 1.807) is 0 Å². The van der Waals surface area contributed by atoms with Gasteiger partial charge in [0, 0.05) is 24.4 Å². The number of hydrogen-bond donors (Lipinski definition) is 0. The number of azo groups is 1. The molecule has 3 rings (SSSR count). The van der Waals surface area contributed by atoms with Crippen LogP contribution < -0.4 is 21.9 Å². The molecular formula is C20H24BrClN6O2S. The smallest absolute Gasteiger partial charge is 0.272 e. The average molecular weight is 528 g/mol. The van der Waals surface area contributed by atoms with Gasteiger partial charge in [-0.05, 0) is 31.2 Å². The molecule has 0 unspecified atom stereocenters. The van der Waals surface area contributed by atoms with Crippen LogP contribution >= 0.6 is 22.9 Å². The Hall–Kier alpha value is -2.14. The van der Waals surface area contributed by atoms with Crippen LogP contribution in [0.15, 0.2) is 46.6 Å². The molecule has 0 radical (unpaired) electrons. The van der Waals surface area contributed by atoms with Crippen molar-refractivity contribution in [1.29, 1.82) is 0 Å². The van der Waals surface area contributed by atoms with Gasteiger partial charge < -0.3 is 26.4 Å². The van der Waals surface area contributed by atoms with Gasteiger partial charge in [0.15, 0.2) is 0 Å². The number of nitro groups is 1. The van der Waals surface area contributed by atoms with Gasteiger partial charge in [0.1, 0.15) is 5.52 Å². The molecule has 166 valence electrons. The van der Waals surface area contributed by atoms with Gasteiger partial charge >= 0.3 is 0 Å². The fourth-order valence-electron chi connectivity index (χ4n) is 2.83. The van der Waals surface area contributed by atoms with Crippen molar-refractivity contribution in [3.8, 4) is 0 Å². The van der Waals surface area contributed by atoms with Gasteiger partial charge in [-0.25, -0.2) is 4.98 Å². The molecule has 0 aliphatic carbocycles. The first-order chi connectivity index (χ1) is 14.2. The Morgan fingerprint density at radius 3 is 2.45 bits per heavy atom. The zero-order valence-electron chi connectivity index (χ0n) is 17.7. The van der Waals surface area contributed by atoms with Crippen LogP contribution in [0.3, 0.4) is 0 Å². The van der Waals surface area contributed by atoms with Crippen molar-refractivity contribution in [3.05, 3.63) is 51.5 Å². The SMILES string of the molecule is CCN(CC[N+](C)(C)C)c1ccc(N=Nc2nc3c(Cl)cc([N+](=O)[O-])cc3s2)cc1.[Br-]. The van der Waals surface area contributed by atoms with E-state index in [0.29, 0.717) is 21.0 Å². The molecule has 0 spiro atoms. The number of quaternary nitrogens is 1. The lowest BCUT2D eigenvalue weighted by Crippen LogP contribution is -3.00. The number of fused-ring (bicyclic) bond motifs is 1. The molecule has 11 heteroatoms. The number of rotatable bonds is 8. The number of anilines is 1. The molecule has 0 bridgehead atoms. The fourth-order valence-corrected chi connectivity index (χ4v) is 3.99. The summed E-state index contributed by atoms with van der Waals surface area (Å²) in [5.41, 5.74) is 2.27. The van der Waals surface area contributed by atoms with Crippen molar-refractivity contribution in [1.82, 2.24) is 4.98 Å². The summed E-state index contributed by atoms with van der Waals surface area (Å²) < 4.78 is 1.52. The van der Waals surface area contributed by atoms with Crippen LogP contribution in [-0.4, -0.2) is 55.2 Å². The van der Waals surface area contributed by atoms with E-state index in [0.717, 1.165) is 29.8 Å². The van der Waals surface area contributed by atoms with Crippen molar-refractivity contribution >= 4 is 55.3 Å². The van der Waals surface area contributed by atoms with Crippen molar-refractivity contribution in [3.63, 3.8) is 0 Å². The maximum Gasteiger partial charge on any atom is 0.272 e. The summed E-state index contributed by atoms with van der Waals surface area (Å²) in [7, 11) is 6.56. The van der Waals surface area contributed by atoms with E-state index in [-0.39, 0.29) is 27.7 Å². The number of thiazole rings is 1. The van der Waals surface area contributed by atoms with Crippen LogP contribution in [0, 0.1) is 10.1 Å². The molecular weight excluding hydrogens is 504 g/mol. The molecule has 0 aliphatic heterocycles. The first kappa shape index (κ1) is 25.1. The number of hydrogen-bond acceptors (Lipinski definition) is 7. The van der Waals surface area contributed by atoms with Crippen molar-refractivity contribution in [2.75, 3.05) is 45.7 Å². The van der Waals surface area contributed by atoms with E-state index in [4.69, 9.17) is 11.6 Å². The maximum absolute atomic E-state index is 11.0. The highest BCUT2D eigenvalue weighted by atomic mass is 79.9. The van der Waals surface area contributed by atoms with Gasteiger partial charge in [-0.15, -0.1) is 10.2 Å². The van der Waals surface area contributed by atoms with Crippen molar-refractivity contribution in [2.45, 2.75) is 6.92 Å². The largest absolute Gasteiger partial charge is 1.00 e. The summed E-state index contributed by atoms with van der Waals surface area (Å²) >= 11 is 7.33. The monoisotopic (exact) mass is 526 g/mol. The number of non-ortho nitro benzene ring substituents is 1. The van der Waals surface area contributed by atoms with Gasteiger partial charge in [0.2, 0.25) is 5.13 Å². The van der Waals surface area contributed by atoms with Crippen LogP contribution in [0.1, 0.15) is 6.92 Å². The van der Waals surface area contributed by atoms with Gasteiger partial charge in [0.05, 0.1) is 54.6 Å². The number of nitro benzene ring substituents is 1. The quantitative estimate of drug-likeness (QED) is 0.195. The molecule has 0 N–H and O–H groups in total. The van der Waals surface area contributed by atoms with Crippen LogP contribution in [0.25, 0.3) is 10.2 Å². The highest BCUT2D eigenvalue weighted by Gasteiger charge is 2.15. The molecule has 0 saturated carbocycles. The third kappa shape index (κ3) is 6.67. The van der Waals surface area contributed by atoms with E-state index in [9.17, 15) is 10.1 Å². The summed E-state index contributed by atoms with van der Waals surface area (Å²) in [6, 6.07) is 10.6. The molecule has 3 aromatic rings. The second kappa shape index (κ2) is 10.4. The van der Waals surface area contributed by atoms with E-state index in [1.165, 1.54) is 23.5 Å².